The molecular formula is C14H20N2O7S2. The number of fused-ring (bicyclic) bond motifs is 1. The Morgan fingerprint density at radius 3 is 2.72 bits per heavy atom. The predicted molar refractivity (Wildman–Crippen MR) is 88.5 cm³/mol. The van der Waals surface area contributed by atoms with Gasteiger partial charge in [-0.1, -0.05) is 0 Å². The van der Waals surface area contributed by atoms with Crippen LogP contribution in [0.2, 0.25) is 0 Å². The van der Waals surface area contributed by atoms with Gasteiger partial charge in [-0.15, -0.1) is 0 Å². The lowest BCUT2D eigenvalue weighted by Gasteiger charge is -2.30. The Bertz CT molecular complexity index is 839. The smallest absolute Gasteiger partial charge is 0.240 e. The Morgan fingerprint density at radius 2 is 1.96 bits per heavy atom. The molecule has 11 heteroatoms. The molecule has 9 nitrogen and oxygen atoms in total. The number of nitrogens with zero attached hydrogens (tertiary/aromatic N) is 1. The second-order valence-corrected chi connectivity index (χ2v) is 9.62. The van der Waals surface area contributed by atoms with Crippen LogP contribution >= 0.6 is 0 Å². The van der Waals surface area contributed by atoms with Crippen molar-refractivity contribution in [2.24, 2.45) is 0 Å². The van der Waals surface area contributed by atoms with Crippen molar-refractivity contribution < 1.29 is 31.0 Å². The molecule has 2 aliphatic heterocycles. The van der Waals surface area contributed by atoms with Crippen LogP contribution in [0.25, 0.3) is 0 Å². The first-order valence-corrected chi connectivity index (χ1v) is 10.9. The Hall–Kier alpha value is -1.40. The zero-order valence-corrected chi connectivity index (χ0v) is 15.3. The molecule has 1 aromatic carbocycles. The number of benzene rings is 1. The molecule has 2 aliphatic rings. The van der Waals surface area contributed by atoms with Crippen LogP contribution in [0.3, 0.4) is 0 Å². The van der Waals surface area contributed by atoms with E-state index in [1.807, 2.05) is 0 Å². The first-order chi connectivity index (χ1) is 11.8. The fourth-order valence-electron chi connectivity index (χ4n) is 2.60. The average molecular weight is 392 g/mol. The lowest BCUT2D eigenvalue weighted by atomic mass is 10.3. The zero-order chi connectivity index (χ0) is 18.1. The largest absolute Gasteiger partial charge is 0.454 e. The average Bonchev–Trinajstić information content (AvgIpc) is 3.02. The van der Waals surface area contributed by atoms with Crippen LogP contribution in [0.15, 0.2) is 23.1 Å². The summed E-state index contributed by atoms with van der Waals surface area (Å²) in [6.45, 7) is 2.51. The number of morpholine rings is 1. The summed E-state index contributed by atoms with van der Waals surface area (Å²) in [5, 5.41) is 0. The molecular weight excluding hydrogens is 372 g/mol. The molecule has 1 unspecified atom stereocenters. The molecule has 1 N–H and O–H groups in total. The standard InChI is InChI=1S/C14H20N2O7S2/c1-11-9-16(5-6-21-11)24(17,18)7-4-15-25(19,20)12-2-3-13-14(8-12)23-10-22-13/h2-3,8,11,15H,4-7,9-10H2,1H3. The SMILES string of the molecule is CC1CN(S(=O)(=O)CCNS(=O)(=O)c2ccc3c(c2)OCO3)CCO1. The van der Waals surface area contributed by atoms with Crippen molar-refractivity contribution in [3.8, 4) is 11.5 Å². The highest BCUT2D eigenvalue weighted by Crippen LogP contribution is 2.33. The summed E-state index contributed by atoms with van der Waals surface area (Å²) in [5.41, 5.74) is 0. The van der Waals surface area contributed by atoms with Crippen LogP contribution in [-0.2, 0) is 24.8 Å². The summed E-state index contributed by atoms with van der Waals surface area (Å²) in [5.74, 6) is 0.504. The van der Waals surface area contributed by atoms with Crippen molar-refractivity contribution in [3.05, 3.63) is 18.2 Å². The Labute approximate surface area is 147 Å². The third-order valence-electron chi connectivity index (χ3n) is 3.90. The van der Waals surface area contributed by atoms with Gasteiger partial charge in [-0.25, -0.2) is 21.6 Å². The molecule has 0 amide bonds. The van der Waals surface area contributed by atoms with Gasteiger partial charge < -0.3 is 14.2 Å². The van der Waals surface area contributed by atoms with Crippen molar-refractivity contribution >= 4 is 20.0 Å². The quantitative estimate of drug-likeness (QED) is 0.710. The van der Waals surface area contributed by atoms with Gasteiger partial charge in [0.25, 0.3) is 0 Å². The molecule has 3 rings (SSSR count). The van der Waals surface area contributed by atoms with E-state index in [4.69, 9.17) is 14.2 Å². The van der Waals surface area contributed by atoms with Gasteiger partial charge in [0.2, 0.25) is 26.8 Å². The van der Waals surface area contributed by atoms with Crippen molar-refractivity contribution in [1.82, 2.24) is 9.03 Å². The van der Waals surface area contributed by atoms with E-state index < -0.39 is 20.0 Å². The number of hydrogen-bond donors (Lipinski definition) is 1. The summed E-state index contributed by atoms with van der Waals surface area (Å²) in [6, 6.07) is 4.24. The van der Waals surface area contributed by atoms with E-state index in [9.17, 15) is 16.8 Å². The molecule has 2 heterocycles. The normalized spacial score (nSPS) is 21.4. The molecule has 0 radical (unpaired) electrons. The molecule has 140 valence electrons. The van der Waals surface area contributed by atoms with Crippen molar-refractivity contribution in [1.29, 1.82) is 0 Å². The lowest BCUT2D eigenvalue weighted by Crippen LogP contribution is -2.46. The van der Waals surface area contributed by atoms with Gasteiger partial charge in [-0.05, 0) is 19.1 Å². The van der Waals surface area contributed by atoms with Crippen LogP contribution in [0.1, 0.15) is 6.92 Å². The first-order valence-electron chi connectivity index (χ1n) is 7.77. The van der Waals surface area contributed by atoms with Gasteiger partial charge in [0.1, 0.15) is 0 Å². The minimum atomic E-state index is -3.84. The number of nitrogens with one attached hydrogen (secondary N) is 1. The van der Waals surface area contributed by atoms with Crippen molar-refractivity contribution in [2.75, 3.05) is 38.8 Å². The van der Waals surface area contributed by atoms with E-state index in [1.54, 1.807) is 6.92 Å². The molecule has 0 saturated carbocycles. The third kappa shape index (κ3) is 4.23. The molecule has 1 fully saturated rings. The Balaban J connectivity index is 1.60. The fourth-order valence-corrected chi connectivity index (χ4v) is 5.18. The summed E-state index contributed by atoms with van der Waals surface area (Å²) in [4.78, 5) is -0.00542. The molecule has 1 atom stereocenters. The van der Waals surface area contributed by atoms with Crippen LogP contribution in [0.5, 0.6) is 11.5 Å². The van der Waals surface area contributed by atoms with E-state index in [1.165, 1.54) is 22.5 Å². The minimum Gasteiger partial charge on any atom is -0.454 e. The van der Waals surface area contributed by atoms with E-state index in [0.29, 0.717) is 18.1 Å². The molecule has 25 heavy (non-hydrogen) atoms. The molecule has 1 saturated heterocycles. The first kappa shape index (κ1) is 18.4. The monoisotopic (exact) mass is 392 g/mol. The van der Waals surface area contributed by atoms with E-state index in [-0.39, 0.29) is 43.2 Å². The maximum atomic E-state index is 12.3. The second-order valence-electron chi connectivity index (χ2n) is 5.77. The molecule has 0 spiro atoms. The van der Waals surface area contributed by atoms with Gasteiger partial charge in [0.15, 0.2) is 11.5 Å². The van der Waals surface area contributed by atoms with Crippen LogP contribution < -0.4 is 14.2 Å². The highest BCUT2D eigenvalue weighted by atomic mass is 32.2. The van der Waals surface area contributed by atoms with Gasteiger partial charge >= 0.3 is 0 Å². The summed E-state index contributed by atoms with van der Waals surface area (Å²) in [7, 11) is -7.39. The van der Waals surface area contributed by atoms with Gasteiger partial charge in [0, 0.05) is 25.7 Å². The summed E-state index contributed by atoms with van der Waals surface area (Å²) >= 11 is 0. The highest BCUT2D eigenvalue weighted by Gasteiger charge is 2.28. The number of rotatable bonds is 6. The third-order valence-corrected chi connectivity index (χ3v) is 7.20. The number of sulfonamides is 2. The van der Waals surface area contributed by atoms with E-state index in [0.717, 1.165) is 0 Å². The lowest BCUT2D eigenvalue weighted by molar-refractivity contribution is 0.0102. The van der Waals surface area contributed by atoms with Gasteiger partial charge in [-0.2, -0.15) is 4.31 Å². The topological polar surface area (TPSA) is 111 Å². The summed E-state index contributed by atoms with van der Waals surface area (Å²) < 4.78 is 68.5. The Morgan fingerprint density at radius 1 is 1.20 bits per heavy atom. The highest BCUT2D eigenvalue weighted by molar-refractivity contribution is 7.90. The maximum Gasteiger partial charge on any atom is 0.240 e. The minimum absolute atomic E-state index is 0.00542. The van der Waals surface area contributed by atoms with Crippen LogP contribution in [0.4, 0.5) is 0 Å². The predicted octanol–water partition coefficient (Wildman–Crippen LogP) is -0.256. The zero-order valence-electron chi connectivity index (χ0n) is 13.7. The van der Waals surface area contributed by atoms with E-state index >= 15 is 0 Å². The summed E-state index contributed by atoms with van der Waals surface area (Å²) in [6.07, 6.45) is -0.172. The maximum absolute atomic E-state index is 12.3. The van der Waals surface area contributed by atoms with E-state index in [2.05, 4.69) is 4.72 Å². The van der Waals surface area contributed by atoms with Gasteiger partial charge in [-0.3, -0.25) is 0 Å². The van der Waals surface area contributed by atoms with Crippen molar-refractivity contribution in [3.63, 3.8) is 0 Å². The van der Waals surface area contributed by atoms with Crippen molar-refractivity contribution in [2.45, 2.75) is 17.9 Å². The fraction of sp³-hybridized carbons (Fsp3) is 0.571. The second kappa shape index (κ2) is 7.08. The molecule has 0 aromatic heterocycles. The van der Waals surface area contributed by atoms with Gasteiger partial charge in [0.05, 0.1) is 23.4 Å². The van der Waals surface area contributed by atoms with Crippen LogP contribution in [-0.4, -0.2) is 66.0 Å². The molecule has 0 bridgehead atoms. The number of hydrogen-bond acceptors (Lipinski definition) is 7. The van der Waals surface area contributed by atoms with Crippen LogP contribution in [0, 0.1) is 0 Å². The molecule has 1 aromatic rings. The Kier molecular flexibility index (Phi) is 5.21. The number of ether oxygens (including phenoxy) is 3. The molecule has 0 aliphatic carbocycles.